The van der Waals surface area contributed by atoms with Crippen LogP contribution in [0, 0.1) is 0 Å². The summed E-state index contributed by atoms with van der Waals surface area (Å²) >= 11 is 9.10. The van der Waals surface area contributed by atoms with Crippen molar-refractivity contribution in [1.29, 1.82) is 0 Å². The van der Waals surface area contributed by atoms with Crippen molar-refractivity contribution in [3.05, 3.63) is 52.0 Å². The van der Waals surface area contributed by atoms with Gasteiger partial charge in [-0.15, -0.1) is 0 Å². The van der Waals surface area contributed by atoms with Crippen LogP contribution in [0.25, 0.3) is 0 Å². The molecule has 0 saturated carbocycles. The van der Waals surface area contributed by atoms with Crippen LogP contribution in [0.3, 0.4) is 0 Å². The standard InChI is InChI=1S/C12H10BrClN2O2S/c13-9-3-1-2-4-12(9)16-19(17,18)8-5-6-11(15)10(14)7-8/h1-7,16H,15H2. The summed E-state index contributed by atoms with van der Waals surface area (Å²) in [6, 6.07) is 11.1. The third-order valence-corrected chi connectivity index (χ3v) is 4.78. The van der Waals surface area contributed by atoms with Gasteiger partial charge in [0.2, 0.25) is 0 Å². The Morgan fingerprint density at radius 3 is 2.47 bits per heavy atom. The summed E-state index contributed by atoms with van der Waals surface area (Å²) < 4.78 is 27.5. The second kappa shape index (κ2) is 5.40. The van der Waals surface area contributed by atoms with Crippen LogP contribution in [0.15, 0.2) is 51.8 Å². The summed E-state index contributed by atoms with van der Waals surface area (Å²) in [6.07, 6.45) is 0. The Kier molecular flexibility index (Phi) is 4.03. The number of sulfonamides is 1. The number of halogens is 2. The van der Waals surface area contributed by atoms with E-state index in [1.165, 1.54) is 18.2 Å². The Bertz CT molecular complexity index is 719. The van der Waals surface area contributed by atoms with Crippen molar-refractivity contribution in [2.45, 2.75) is 4.90 Å². The highest BCUT2D eigenvalue weighted by atomic mass is 79.9. The molecule has 100 valence electrons. The Morgan fingerprint density at radius 2 is 1.84 bits per heavy atom. The van der Waals surface area contributed by atoms with Gasteiger partial charge < -0.3 is 5.73 Å². The summed E-state index contributed by atoms with van der Waals surface area (Å²) in [5.41, 5.74) is 6.34. The fraction of sp³-hybridized carbons (Fsp3) is 0. The summed E-state index contributed by atoms with van der Waals surface area (Å²) in [4.78, 5) is 0.0578. The molecule has 2 aromatic carbocycles. The number of rotatable bonds is 3. The summed E-state index contributed by atoms with van der Waals surface area (Å²) in [5, 5.41) is 0.204. The molecule has 0 bridgehead atoms. The number of nitrogens with one attached hydrogen (secondary N) is 1. The molecule has 0 unspecified atom stereocenters. The molecule has 0 aliphatic rings. The van der Waals surface area contributed by atoms with Gasteiger partial charge in [-0.25, -0.2) is 8.42 Å². The van der Waals surface area contributed by atoms with E-state index in [4.69, 9.17) is 17.3 Å². The number of benzene rings is 2. The second-order valence-electron chi connectivity index (χ2n) is 3.77. The molecule has 0 aliphatic carbocycles. The third-order valence-electron chi connectivity index (χ3n) is 2.40. The zero-order valence-corrected chi connectivity index (χ0v) is 12.8. The molecule has 2 aromatic rings. The second-order valence-corrected chi connectivity index (χ2v) is 6.71. The molecule has 4 nitrogen and oxygen atoms in total. The quantitative estimate of drug-likeness (QED) is 0.822. The molecule has 0 spiro atoms. The fourth-order valence-corrected chi connectivity index (χ4v) is 3.29. The predicted molar refractivity (Wildman–Crippen MR) is 80.8 cm³/mol. The maximum absolute atomic E-state index is 12.2. The molecule has 0 amide bonds. The molecular weight excluding hydrogens is 352 g/mol. The van der Waals surface area contributed by atoms with Crippen LogP contribution in [0.1, 0.15) is 0 Å². The van der Waals surface area contributed by atoms with E-state index in [0.29, 0.717) is 15.8 Å². The minimum Gasteiger partial charge on any atom is -0.398 e. The number of para-hydroxylation sites is 1. The predicted octanol–water partition coefficient (Wildman–Crippen LogP) is 3.49. The lowest BCUT2D eigenvalue weighted by atomic mass is 10.3. The van der Waals surface area contributed by atoms with Crippen molar-refractivity contribution in [3.8, 4) is 0 Å². The smallest absolute Gasteiger partial charge is 0.261 e. The van der Waals surface area contributed by atoms with E-state index >= 15 is 0 Å². The van der Waals surface area contributed by atoms with E-state index in [9.17, 15) is 8.42 Å². The topological polar surface area (TPSA) is 72.2 Å². The molecule has 0 heterocycles. The first-order chi connectivity index (χ1) is 8.90. The Morgan fingerprint density at radius 1 is 1.16 bits per heavy atom. The van der Waals surface area contributed by atoms with Crippen molar-refractivity contribution >= 4 is 48.9 Å². The van der Waals surface area contributed by atoms with Crippen molar-refractivity contribution in [2.75, 3.05) is 10.5 Å². The number of nitrogen functional groups attached to an aromatic ring is 1. The lowest BCUT2D eigenvalue weighted by Crippen LogP contribution is -2.13. The van der Waals surface area contributed by atoms with Crippen LogP contribution in [0.5, 0.6) is 0 Å². The van der Waals surface area contributed by atoms with Gasteiger partial charge in [-0.05, 0) is 46.3 Å². The highest BCUT2D eigenvalue weighted by Gasteiger charge is 2.16. The number of nitrogens with two attached hydrogens (primary N) is 1. The van der Waals surface area contributed by atoms with Crippen molar-refractivity contribution < 1.29 is 8.42 Å². The van der Waals surface area contributed by atoms with E-state index in [1.807, 2.05) is 0 Å². The van der Waals surface area contributed by atoms with Gasteiger partial charge in [0, 0.05) is 4.47 Å². The van der Waals surface area contributed by atoms with Crippen LogP contribution in [-0.2, 0) is 10.0 Å². The Labute approximate surface area is 124 Å². The van der Waals surface area contributed by atoms with E-state index in [1.54, 1.807) is 24.3 Å². The monoisotopic (exact) mass is 360 g/mol. The Hall–Kier alpha value is -1.24. The van der Waals surface area contributed by atoms with Gasteiger partial charge in [-0.1, -0.05) is 23.7 Å². The SMILES string of the molecule is Nc1ccc(S(=O)(=O)Nc2ccccc2Br)cc1Cl. The van der Waals surface area contributed by atoms with Gasteiger partial charge in [0.05, 0.1) is 21.3 Å². The van der Waals surface area contributed by atoms with E-state index in [0.717, 1.165) is 0 Å². The van der Waals surface area contributed by atoms with Gasteiger partial charge in [0.15, 0.2) is 0 Å². The number of hydrogen-bond acceptors (Lipinski definition) is 3. The highest BCUT2D eigenvalue weighted by molar-refractivity contribution is 9.10. The molecule has 19 heavy (non-hydrogen) atoms. The third kappa shape index (κ3) is 3.20. The number of hydrogen-bond donors (Lipinski definition) is 2. The first kappa shape index (κ1) is 14.2. The molecule has 0 atom stereocenters. The van der Waals surface area contributed by atoms with Crippen LogP contribution < -0.4 is 10.5 Å². The molecule has 3 N–H and O–H groups in total. The molecule has 0 saturated heterocycles. The van der Waals surface area contributed by atoms with Crippen molar-refractivity contribution in [2.24, 2.45) is 0 Å². The maximum Gasteiger partial charge on any atom is 0.261 e. The van der Waals surface area contributed by atoms with Gasteiger partial charge in [0.25, 0.3) is 10.0 Å². The van der Waals surface area contributed by atoms with E-state index in [2.05, 4.69) is 20.7 Å². The van der Waals surface area contributed by atoms with Crippen molar-refractivity contribution in [1.82, 2.24) is 0 Å². The van der Waals surface area contributed by atoms with Crippen LogP contribution >= 0.6 is 27.5 Å². The summed E-state index contributed by atoms with van der Waals surface area (Å²) in [5.74, 6) is 0. The Balaban J connectivity index is 2.38. The van der Waals surface area contributed by atoms with E-state index < -0.39 is 10.0 Å². The first-order valence-corrected chi connectivity index (χ1v) is 7.88. The number of anilines is 2. The minimum atomic E-state index is -3.70. The lowest BCUT2D eigenvalue weighted by molar-refractivity contribution is 0.601. The molecule has 0 aliphatic heterocycles. The lowest BCUT2D eigenvalue weighted by Gasteiger charge is -2.10. The molecular formula is C12H10BrClN2O2S. The zero-order chi connectivity index (χ0) is 14.0. The first-order valence-electron chi connectivity index (χ1n) is 5.22. The van der Waals surface area contributed by atoms with Crippen LogP contribution in [0.2, 0.25) is 5.02 Å². The van der Waals surface area contributed by atoms with Gasteiger partial charge >= 0.3 is 0 Å². The van der Waals surface area contributed by atoms with Crippen LogP contribution in [-0.4, -0.2) is 8.42 Å². The summed E-state index contributed by atoms with van der Waals surface area (Å²) in [7, 11) is -3.70. The van der Waals surface area contributed by atoms with Crippen LogP contribution in [0.4, 0.5) is 11.4 Å². The zero-order valence-electron chi connectivity index (χ0n) is 9.60. The molecule has 7 heteroatoms. The molecule has 0 aromatic heterocycles. The summed E-state index contributed by atoms with van der Waals surface area (Å²) in [6.45, 7) is 0. The van der Waals surface area contributed by atoms with Gasteiger partial charge in [-0.3, -0.25) is 4.72 Å². The van der Waals surface area contributed by atoms with Gasteiger partial charge in [0.1, 0.15) is 0 Å². The largest absolute Gasteiger partial charge is 0.398 e. The normalized spacial score (nSPS) is 11.3. The maximum atomic E-state index is 12.2. The average Bonchev–Trinajstić information content (AvgIpc) is 2.35. The average molecular weight is 362 g/mol. The van der Waals surface area contributed by atoms with Crippen molar-refractivity contribution in [3.63, 3.8) is 0 Å². The molecule has 0 radical (unpaired) electrons. The fourth-order valence-electron chi connectivity index (χ4n) is 1.42. The minimum absolute atomic E-state index is 0.0578. The molecule has 0 fully saturated rings. The van der Waals surface area contributed by atoms with Gasteiger partial charge in [-0.2, -0.15) is 0 Å². The van der Waals surface area contributed by atoms with E-state index in [-0.39, 0.29) is 9.92 Å². The molecule has 2 rings (SSSR count). The highest BCUT2D eigenvalue weighted by Crippen LogP contribution is 2.27.